The van der Waals surface area contributed by atoms with Crippen molar-refractivity contribution in [2.24, 2.45) is 17.8 Å². The average molecular weight is 497 g/mol. The second-order valence-corrected chi connectivity index (χ2v) is 11.4. The van der Waals surface area contributed by atoms with Gasteiger partial charge in [-0.3, -0.25) is 9.59 Å². The zero-order chi connectivity index (χ0) is 26.2. The lowest BCUT2D eigenvalue weighted by Crippen LogP contribution is -2.09. The third-order valence-electron chi connectivity index (χ3n) is 6.96. The lowest BCUT2D eigenvalue weighted by atomic mass is 9.93. The molecule has 0 aliphatic carbocycles. The quantitative estimate of drug-likeness (QED) is 0.0932. The summed E-state index contributed by atoms with van der Waals surface area (Å²) in [6.07, 6.45) is 21.3. The van der Waals surface area contributed by atoms with Crippen LogP contribution < -0.4 is 0 Å². The van der Waals surface area contributed by atoms with Gasteiger partial charge in [0.1, 0.15) is 0 Å². The lowest BCUT2D eigenvalue weighted by Gasteiger charge is -2.14. The number of ether oxygens (including phenoxy) is 2. The van der Waals surface area contributed by atoms with Gasteiger partial charge in [0, 0.05) is 12.8 Å². The lowest BCUT2D eigenvalue weighted by molar-refractivity contribution is -0.145. The highest BCUT2D eigenvalue weighted by molar-refractivity contribution is 5.69. The predicted octanol–water partition coefficient (Wildman–Crippen LogP) is 9.43. The smallest absolute Gasteiger partial charge is 0.305 e. The molecule has 208 valence electrons. The highest BCUT2D eigenvalue weighted by Gasteiger charge is 2.10. The monoisotopic (exact) mass is 496 g/mol. The molecule has 1 atom stereocenters. The van der Waals surface area contributed by atoms with Crippen LogP contribution in [0.25, 0.3) is 0 Å². The van der Waals surface area contributed by atoms with E-state index in [9.17, 15) is 9.59 Å². The van der Waals surface area contributed by atoms with Crippen molar-refractivity contribution in [3.05, 3.63) is 0 Å². The summed E-state index contributed by atoms with van der Waals surface area (Å²) in [6.45, 7) is 12.2. The topological polar surface area (TPSA) is 52.6 Å². The van der Waals surface area contributed by atoms with E-state index in [2.05, 4.69) is 34.6 Å². The summed E-state index contributed by atoms with van der Waals surface area (Å²) >= 11 is 0. The predicted molar refractivity (Wildman–Crippen MR) is 148 cm³/mol. The van der Waals surface area contributed by atoms with Crippen molar-refractivity contribution in [2.45, 2.75) is 157 Å². The molecule has 0 saturated heterocycles. The Labute approximate surface area is 218 Å². The van der Waals surface area contributed by atoms with Crippen LogP contribution in [-0.2, 0) is 19.1 Å². The molecule has 0 N–H and O–H groups in total. The first kappa shape index (κ1) is 33.9. The van der Waals surface area contributed by atoms with Crippen molar-refractivity contribution in [2.75, 3.05) is 13.2 Å². The highest BCUT2D eigenvalue weighted by Crippen LogP contribution is 2.20. The van der Waals surface area contributed by atoms with Crippen LogP contribution in [0.2, 0.25) is 0 Å². The zero-order valence-electron chi connectivity index (χ0n) is 24.2. The molecule has 35 heavy (non-hydrogen) atoms. The summed E-state index contributed by atoms with van der Waals surface area (Å²) in [5.41, 5.74) is 0. The van der Waals surface area contributed by atoms with Crippen LogP contribution in [0, 0.1) is 17.8 Å². The van der Waals surface area contributed by atoms with Gasteiger partial charge in [0.15, 0.2) is 0 Å². The van der Waals surface area contributed by atoms with E-state index in [0.29, 0.717) is 43.8 Å². The Morgan fingerprint density at radius 2 is 0.943 bits per heavy atom. The van der Waals surface area contributed by atoms with Gasteiger partial charge in [0.05, 0.1) is 13.2 Å². The molecule has 0 aliphatic heterocycles. The standard InChI is InChI=1S/C31H60O4/c1-6-29(23-24-31(33)35-26-18-20-28(4)5)21-15-13-11-9-7-8-10-12-14-16-22-30(32)34-25-17-19-27(2)3/h27-29H,6-26H2,1-5H3. The number of hydrogen-bond donors (Lipinski definition) is 0. The molecule has 0 rings (SSSR count). The normalized spacial score (nSPS) is 12.3. The SMILES string of the molecule is CCC(CCCCCCCCCCCCC(=O)OCCCC(C)C)CCC(=O)OCCCC(C)C. The van der Waals surface area contributed by atoms with Crippen molar-refractivity contribution in [1.82, 2.24) is 0 Å². The molecular weight excluding hydrogens is 436 g/mol. The van der Waals surface area contributed by atoms with Crippen molar-refractivity contribution < 1.29 is 19.1 Å². The van der Waals surface area contributed by atoms with Crippen LogP contribution in [-0.4, -0.2) is 25.2 Å². The van der Waals surface area contributed by atoms with Crippen LogP contribution in [0.5, 0.6) is 0 Å². The molecular formula is C31H60O4. The summed E-state index contributed by atoms with van der Waals surface area (Å²) in [5.74, 6) is 1.99. The summed E-state index contributed by atoms with van der Waals surface area (Å²) in [6, 6.07) is 0. The van der Waals surface area contributed by atoms with Gasteiger partial charge in [-0.1, -0.05) is 105 Å². The van der Waals surface area contributed by atoms with E-state index in [4.69, 9.17) is 9.47 Å². The molecule has 0 spiro atoms. The molecule has 1 unspecified atom stereocenters. The second-order valence-electron chi connectivity index (χ2n) is 11.4. The fraction of sp³-hybridized carbons (Fsp3) is 0.935. The first-order chi connectivity index (χ1) is 16.8. The minimum Gasteiger partial charge on any atom is -0.466 e. The van der Waals surface area contributed by atoms with E-state index in [1.165, 1.54) is 57.8 Å². The van der Waals surface area contributed by atoms with E-state index >= 15 is 0 Å². The van der Waals surface area contributed by atoms with Crippen molar-refractivity contribution in [3.8, 4) is 0 Å². The summed E-state index contributed by atoms with van der Waals surface area (Å²) in [5, 5.41) is 0. The maximum absolute atomic E-state index is 11.9. The molecule has 0 amide bonds. The molecule has 0 aromatic heterocycles. The van der Waals surface area contributed by atoms with Crippen LogP contribution in [0.1, 0.15) is 157 Å². The molecule has 0 aromatic carbocycles. The first-order valence-corrected chi connectivity index (χ1v) is 15.2. The molecule has 4 heteroatoms. The Hall–Kier alpha value is -1.06. The van der Waals surface area contributed by atoms with E-state index in [-0.39, 0.29) is 11.9 Å². The van der Waals surface area contributed by atoms with Gasteiger partial charge in [0.2, 0.25) is 0 Å². The van der Waals surface area contributed by atoms with E-state index in [1.807, 2.05) is 0 Å². The second kappa shape index (κ2) is 24.6. The number of carbonyl (C=O) groups is 2. The zero-order valence-corrected chi connectivity index (χ0v) is 24.2. The molecule has 0 fully saturated rings. The molecule has 0 radical (unpaired) electrons. The van der Waals surface area contributed by atoms with Crippen LogP contribution in [0.4, 0.5) is 0 Å². The fourth-order valence-electron chi connectivity index (χ4n) is 4.49. The number of hydrogen-bond acceptors (Lipinski definition) is 4. The Kier molecular flexibility index (Phi) is 23.9. The van der Waals surface area contributed by atoms with Gasteiger partial charge in [-0.2, -0.15) is 0 Å². The van der Waals surface area contributed by atoms with E-state index in [1.54, 1.807) is 0 Å². The number of unbranched alkanes of at least 4 members (excludes halogenated alkanes) is 9. The number of carbonyl (C=O) groups excluding carboxylic acids is 2. The van der Waals surface area contributed by atoms with Crippen molar-refractivity contribution in [1.29, 1.82) is 0 Å². The van der Waals surface area contributed by atoms with Gasteiger partial charge in [-0.15, -0.1) is 0 Å². The van der Waals surface area contributed by atoms with Gasteiger partial charge in [-0.05, 0) is 56.3 Å². The summed E-state index contributed by atoms with van der Waals surface area (Å²) < 4.78 is 10.7. The van der Waals surface area contributed by atoms with E-state index in [0.717, 1.165) is 51.4 Å². The molecule has 0 saturated carbocycles. The Morgan fingerprint density at radius 1 is 0.514 bits per heavy atom. The van der Waals surface area contributed by atoms with Gasteiger partial charge < -0.3 is 9.47 Å². The maximum Gasteiger partial charge on any atom is 0.305 e. The van der Waals surface area contributed by atoms with Crippen molar-refractivity contribution in [3.63, 3.8) is 0 Å². The van der Waals surface area contributed by atoms with Gasteiger partial charge in [-0.25, -0.2) is 0 Å². The van der Waals surface area contributed by atoms with Crippen molar-refractivity contribution >= 4 is 11.9 Å². The van der Waals surface area contributed by atoms with E-state index < -0.39 is 0 Å². The molecule has 4 nitrogen and oxygen atoms in total. The molecule has 0 aromatic rings. The largest absolute Gasteiger partial charge is 0.466 e. The Balaban J connectivity index is 3.45. The third kappa shape index (κ3) is 25.8. The minimum atomic E-state index is -0.0175. The van der Waals surface area contributed by atoms with Crippen LogP contribution in [0.15, 0.2) is 0 Å². The molecule has 0 aliphatic rings. The Morgan fingerprint density at radius 3 is 1.40 bits per heavy atom. The maximum atomic E-state index is 11.9. The molecule has 0 heterocycles. The molecule has 0 bridgehead atoms. The fourth-order valence-corrected chi connectivity index (χ4v) is 4.49. The Bertz CT molecular complexity index is 486. The highest BCUT2D eigenvalue weighted by atomic mass is 16.5. The van der Waals surface area contributed by atoms with Crippen LogP contribution in [0.3, 0.4) is 0 Å². The summed E-state index contributed by atoms with van der Waals surface area (Å²) in [7, 11) is 0. The minimum absolute atomic E-state index is 0.00996. The summed E-state index contributed by atoms with van der Waals surface area (Å²) in [4.78, 5) is 23.6. The first-order valence-electron chi connectivity index (χ1n) is 15.2. The van der Waals surface area contributed by atoms with Gasteiger partial charge >= 0.3 is 11.9 Å². The third-order valence-corrected chi connectivity index (χ3v) is 6.96. The number of rotatable bonds is 25. The number of esters is 2. The average Bonchev–Trinajstić information content (AvgIpc) is 2.81. The van der Waals surface area contributed by atoms with Gasteiger partial charge in [0.25, 0.3) is 0 Å². The van der Waals surface area contributed by atoms with Crippen LogP contribution >= 0.6 is 0 Å².